The minimum Gasteiger partial charge on any atom is -0.744 e. The average molecular weight is 382 g/mol. The Kier molecular flexibility index (Phi) is 12.7. The minimum atomic E-state index is -4.35. The summed E-state index contributed by atoms with van der Waals surface area (Å²) in [5.41, 5.74) is 0.668. The van der Waals surface area contributed by atoms with Crippen molar-refractivity contribution in [3.05, 3.63) is 29.8 Å². The first-order chi connectivity index (χ1) is 12.6. The first kappa shape index (κ1) is 23.2. The molecule has 0 fully saturated rings. The normalized spacial score (nSPS) is 11.8. The Morgan fingerprint density at radius 2 is 1.12 bits per heavy atom. The Hall–Kier alpha value is -0.870. The van der Waals surface area contributed by atoms with E-state index in [2.05, 4.69) is 6.92 Å². The van der Waals surface area contributed by atoms with Crippen LogP contribution < -0.4 is 0 Å². The lowest BCUT2D eigenvalue weighted by Gasteiger charge is -2.12. The summed E-state index contributed by atoms with van der Waals surface area (Å²) in [6.45, 7) is 2.26. The van der Waals surface area contributed by atoms with Crippen LogP contribution in [0.15, 0.2) is 29.2 Å². The maximum absolute atomic E-state index is 11.2. The highest BCUT2D eigenvalue weighted by Crippen LogP contribution is 2.18. The van der Waals surface area contributed by atoms with Gasteiger partial charge in [0.2, 0.25) is 0 Å². The zero-order chi connectivity index (χ0) is 19.1. The summed E-state index contributed by atoms with van der Waals surface area (Å²) in [7, 11) is -4.35. The average Bonchev–Trinajstić information content (AvgIpc) is 2.61. The maximum Gasteiger partial charge on any atom is 0.124 e. The van der Waals surface area contributed by atoms with Crippen LogP contribution in [0.25, 0.3) is 0 Å². The fourth-order valence-corrected chi connectivity index (χ4v) is 4.20. The van der Waals surface area contributed by atoms with Crippen molar-refractivity contribution in [3.8, 4) is 0 Å². The molecule has 0 aliphatic carbocycles. The van der Waals surface area contributed by atoms with Gasteiger partial charge in [-0.1, -0.05) is 109 Å². The second kappa shape index (κ2) is 14.2. The van der Waals surface area contributed by atoms with Crippen LogP contribution in [0.4, 0.5) is 0 Å². The molecule has 0 amide bonds. The van der Waals surface area contributed by atoms with E-state index in [0.29, 0.717) is 12.0 Å². The van der Waals surface area contributed by atoms with E-state index < -0.39 is 10.1 Å². The molecule has 0 heterocycles. The molecule has 0 aromatic heterocycles. The molecule has 0 saturated heterocycles. The number of hydrogen-bond acceptors (Lipinski definition) is 3. The third-order valence-electron chi connectivity index (χ3n) is 5.04. The topological polar surface area (TPSA) is 57.2 Å². The van der Waals surface area contributed by atoms with Gasteiger partial charge in [0.1, 0.15) is 10.1 Å². The summed E-state index contributed by atoms with van der Waals surface area (Å²) >= 11 is 0. The molecule has 3 nitrogen and oxygen atoms in total. The molecular formula is C22H37O3S-. The molecular weight excluding hydrogens is 344 g/mol. The van der Waals surface area contributed by atoms with Crippen LogP contribution in [0.3, 0.4) is 0 Å². The van der Waals surface area contributed by atoms with Crippen LogP contribution in [-0.2, 0) is 16.5 Å². The van der Waals surface area contributed by atoms with Gasteiger partial charge in [-0.25, -0.2) is 8.42 Å². The third kappa shape index (κ3) is 11.0. The molecule has 150 valence electrons. The highest BCUT2D eigenvalue weighted by atomic mass is 32.2. The van der Waals surface area contributed by atoms with Crippen LogP contribution in [0.1, 0.15) is 102 Å². The van der Waals surface area contributed by atoms with Crippen molar-refractivity contribution in [2.24, 2.45) is 0 Å². The van der Waals surface area contributed by atoms with Crippen molar-refractivity contribution in [2.45, 2.75) is 108 Å². The summed E-state index contributed by atoms with van der Waals surface area (Å²) < 4.78 is 33.7. The molecule has 4 heteroatoms. The second-order valence-electron chi connectivity index (χ2n) is 7.41. The SMILES string of the molecule is CCCCCCCCCCCCCCCCc1ccccc1S(=O)(=O)[O-]. The fraction of sp³-hybridized carbons (Fsp3) is 0.727. The second-order valence-corrected chi connectivity index (χ2v) is 8.76. The predicted molar refractivity (Wildman–Crippen MR) is 108 cm³/mol. The van der Waals surface area contributed by atoms with Gasteiger partial charge in [-0.3, -0.25) is 0 Å². The molecule has 0 saturated carbocycles. The van der Waals surface area contributed by atoms with Crippen LogP contribution in [0, 0.1) is 0 Å². The summed E-state index contributed by atoms with van der Waals surface area (Å²) in [4.78, 5) is -0.0466. The van der Waals surface area contributed by atoms with Crippen LogP contribution in [0.5, 0.6) is 0 Å². The smallest absolute Gasteiger partial charge is 0.124 e. The van der Waals surface area contributed by atoms with Gasteiger partial charge in [0.25, 0.3) is 0 Å². The predicted octanol–water partition coefficient (Wildman–Crippen LogP) is 6.61. The van der Waals surface area contributed by atoms with Gasteiger partial charge in [-0.05, 0) is 24.5 Å². The molecule has 0 unspecified atom stereocenters. The van der Waals surface area contributed by atoms with E-state index in [-0.39, 0.29) is 4.90 Å². The number of hydrogen-bond donors (Lipinski definition) is 0. The number of rotatable bonds is 16. The van der Waals surface area contributed by atoms with Gasteiger partial charge in [-0.2, -0.15) is 0 Å². The van der Waals surface area contributed by atoms with Crippen molar-refractivity contribution in [3.63, 3.8) is 0 Å². The molecule has 1 rings (SSSR count). The molecule has 0 radical (unpaired) electrons. The van der Waals surface area contributed by atoms with E-state index in [9.17, 15) is 13.0 Å². The van der Waals surface area contributed by atoms with E-state index in [4.69, 9.17) is 0 Å². The first-order valence-electron chi connectivity index (χ1n) is 10.6. The summed E-state index contributed by atoms with van der Waals surface area (Å²) in [5.74, 6) is 0. The molecule has 0 spiro atoms. The summed E-state index contributed by atoms with van der Waals surface area (Å²) in [5, 5.41) is 0. The zero-order valence-corrected chi connectivity index (χ0v) is 17.4. The third-order valence-corrected chi connectivity index (χ3v) is 5.98. The molecule has 0 atom stereocenters. The van der Waals surface area contributed by atoms with Gasteiger partial charge in [0, 0.05) is 0 Å². The van der Waals surface area contributed by atoms with Gasteiger partial charge in [-0.15, -0.1) is 0 Å². The van der Waals surface area contributed by atoms with E-state index in [0.717, 1.165) is 12.8 Å². The van der Waals surface area contributed by atoms with Crippen LogP contribution in [-0.4, -0.2) is 13.0 Å². The molecule has 0 N–H and O–H groups in total. The molecule has 0 aliphatic rings. The van der Waals surface area contributed by atoms with Crippen molar-refractivity contribution in [2.75, 3.05) is 0 Å². The zero-order valence-electron chi connectivity index (χ0n) is 16.5. The van der Waals surface area contributed by atoms with Crippen molar-refractivity contribution < 1.29 is 13.0 Å². The fourth-order valence-electron chi connectivity index (χ4n) is 3.46. The molecule has 1 aromatic carbocycles. The lowest BCUT2D eigenvalue weighted by atomic mass is 10.0. The standard InChI is InChI=1S/C22H38O3S/c1-2-3-4-5-6-7-8-9-10-11-12-13-14-15-18-21-19-16-17-20-22(21)26(23,24)25/h16-17,19-20H,2-15,18H2,1H3,(H,23,24,25)/p-1. The van der Waals surface area contributed by atoms with E-state index in [1.807, 2.05) is 0 Å². The number of aryl methyl sites for hydroxylation is 1. The van der Waals surface area contributed by atoms with Crippen molar-refractivity contribution in [1.82, 2.24) is 0 Å². The Morgan fingerprint density at radius 1 is 0.692 bits per heavy atom. The maximum atomic E-state index is 11.2. The monoisotopic (exact) mass is 381 g/mol. The van der Waals surface area contributed by atoms with Crippen molar-refractivity contribution >= 4 is 10.1 Å². The van der Waals surface area contributed by atoms with Gasteiger partial charge in [0.15, 0.2) is 0 Å². The largest absolute Gasteiger partial charge is 0.744 e. The highest BCUT2D eigenvalue weighted by molar-refractivity contribution is 7.85. The minimum absolute atomic E-state index is 0.0466. The van der Waals surface area contributed by atoms with Gasteiger partial charge < -0.3 is 4.55 Å². The molecule has 26 heavy (non-hydrogen) atoms. The lowest BCUT2D eigenvalue weighted by Crippen LogP contribution is -2.03. The number of unbranched alkanes of at least 4 members (excludes halogenated alkanes) is 13. The van der Waals surface area contributed by atoms with Crippen LogP contribution >= 0.6 is 0 Å². The quantitative estimate of drug-likeness (QED) is 0.239. The summed E-state index contributed by atoms with van der Waals surface area (Å²) in [6, 6.07) is 6.59. The Bertz CT molecular complexity index is 567. The first-order valence-corrected chi connectivity index (χ1v) is 12.0. The highest BCUT2D eigenvalue weighted by Gasteiger charge is 2.07. The van der Waals surface area contributed by atoms with E-state index >= 15 is 0 Å². The van der Waals surface area contributed by atoms with Gasteiger partial charge in [0.05, 0.1) is 4.90 Å². The van der Waals surface area contributed by atoms with E-state index in [1.165, 1.54) is 83.1 Å². The van der Waals surface area contributed by atoms with Gasteiger partial charge >= 0.3 is 0 Å². The molecule has 1 aromatic rings. The van der Waals surface area contributed by atoms with Crippen molar-refractivity contribution in [1.29, 1.82) is 0 Å². The Morgan fingerprint density at radius 3 is 1.58 bits per heavy atom. The lowest BCUT2D eigenvalue weighted by molar-refractivity contribution is 0.461. The molecule has 0 bridgehead atoms. The number of benzene rings is 1. The summed E-state index contributed by atoms with van der Waals surface area (Å²) in [6.07, 6.45) is 18.9. The Labute approximate surface area is 161 Å². The van der Waals surface area contributed by atoms with Crippen LogP contribution in [0.2, 0.25) is 0 Å². The van der Waals surface area contributed by atoms with E-state index in [1.54, 1.807) is 18.2 Å². The molecule has 0 aliphatic heterocycles. The Balaban J connectivity index is 1.98.